The molecule has 2 heterocycles. The molecule has 0 aliphatic carbocycles. The minimum atomic E-state index is -0.558. The maximum Gasteiger partial charge on any atom is 0.225 e. The van der Waals surface area contributed by atoms with E-state index in [1.165, 1.54) is 0 Å². The fraction of sp³-hybridized carbons (Fsp3) is 0.455. The van der Waals surface area contributed by atoms with Crippen LogP contribution in [0.3, 0.4) is 0 Å². The first-order valence-electron chi connectivity index (χ1n) is 5.40. The summed E-state index contributed by atoms with van der Waals surface area (Å²) in [6, 6.07) is 1.55. The van der Waals surface area contributed by atoms with Crippen molar-refractivity contribution in [2.24, 2.45) is 11.1 Å². The molecule has 1 amide bonds. The highest BCUT2D eigenvalue weighted by Gasteiger charge is 2.40. The highest BCUT2D eigenvalue weighted by atomic mass is 35.5. The van der Waals surface area contributed by atoms with E-state index in [0.717, 1.165) is 0 Å². The summed E-state index contributed by atoms with van der Waals surface area (Å²) in [6.07, 6.45) is 0.667. The van der Waals surface area contributed by atoms with Crippen molar-refractivity contribution in [2.75, 3.05) is 18.0 Å². The Morgan fingerprint density at radius 2 is 2.11 bits per heavy atom. The Morgan fingerprint density at radius 1 is 1.44 bits per heavy atom. The first-order chi connectivity index (χ1) is 8.33. The molecule has 1 aromatic heterocycles. The summed E-state index contributed by atoms with van der Waals surface area (Å²) in [5, 5.41) is 0.921. The predicted molar refractivity (Wildman–Crippen MR) is 73.4 cm³/mol. The van der Waals surface area contributed by atoms with Crippen LogP contribution in [0.25, 0.3) is 0 Å². The van der Waals surface area contributed by atoms with E-state index in [0.29, 0.717) is 35.4 Å². The molecule has 98 valence electrons. The maximum atomic E-state index is 11.4. The zero-order chi connectivity index (χ0) is 13.5. The first kappa shape index (κ1) is 13.7. The van der Waals surface area contributed by atoms with E-state index in [1.54, 1.807) is 6.07 Å². The van der Waals surface area contributed by atoms with E-state index in [4.69, 9.17) is 40.5 Å². The molecule has 1 atom stereocenters. The van der Waals surface area contributed by atoms with Gasteiger partial charge in [-0.25, -0.2) is 4.98 Å². The summed E-state index contributed by atoms with van der Waals surface area (Å²) >= 11 is 17.8. The quantitative estimate of drug-likeness (QED) is 0.855. The molecular formula is C11H12Cl3N3O. The van der Waals surface area contributed by atoms with Gasteiger partial charge in [-0.15, -0.1) is 0 Å². The van der Waals surface area contributed by atoms with Gasteiger partial charge < -0.3 is 10.6 Å². The molecule has 0 saturated carbocycles. The lowest BCUT2D eigenvalue weighted by Crippen LogP contribution is -2.37. The lowest BCUT2D eigenvalue weighted by molar-refractivity contribution is -0.125. The number of hydrogen-bond donors (Lipinski definition) is 1. The number of primary amides is 1. The van der Waals surface area contributed by atoms with Crippen molar-refractivity contribution in [3.63, 3.8) is 0 Å². The highest BCUT2D eigenvalue weighted by Crippen LogP contribution is 2.37. The number of nitrogens with two attached hydrogens (primary N) is 1. The topological polar surface area (TPSA) is 59.2 Å². The number of carbonyl (C=O) groups excluding carboxylic acids is 1. The number of rotatable bonds is 2. The number of pyridine rings is 1. The van der Waals surface area contributed by atoms with Gasteiger partial charge in [-0.1, -0.05) is 34.8 Å². The third kappa shape index (κ3) is 2.37. The van der Waals surface area contributed by atoms with Crippen LogP contribution in [-0.2, 0) is 4.79 Å². The molecule has 1 saturated heterocycles. The van der Waals surface area contributed by atoms with Crippen molar-refractivity contribution < 1.29 is 4.79 Å². The molecule has 0 spiro atoms. The molecule has 0 aromatic carbocycles. The van der Waals surface area contributed by atoms with Gasteiger partial charge in [-0.3, -0.25) is 4.79 Å². The van der Waals surface area contributed by atoms with Crippen molar-refractivity contribution in [2.45, 2.75) is 13.3 Å². The van der Waals surface area contributed by atoms with E-state index in [2.05, 4.69) is 4.98 Å². The number of carbonyl (C=O) groups is 1. The van der Waals surface area contributed by atoms with Crippen LogP contribution in [0.4, 0.5) is 5.82 Å². The number of nitrogens with zero attached hydrogens (tertiary/aromatic N) is 2. The third-order valence-corrected chi connectivity index (χ3v) is 4.19. The maximum absolute atomic E-state index is 11.4. The zero-order valence-electron chi connectivity index (χ0n) is 9.71. The standard InChI is InChI=1S/C11H12Cl3N3O/c1-11(10(15)18)2-3-17(5-11)9-7(13)4-6(12)8(14)16-9/h4H,2-3,5H2,1H3,(H2,15,18). The van der Waals surface area contributed by atoms with Gasteiger partial charge in [-0.2, -0.15) is 0 Å². The van der Waals surface area contributed by atoms with Crippen molar-refractivity contribution in [1.82, 2.24) is 4.98 Å². The average molecular weight is 309 g/mol. The molecule has 2 N–H and O–H groups in total. The Kier molecular flexibility index (Phi) is 3.63. The molecule has 7 heteroatoms. The molecule has 4 nitrogen and oxygen atoms in total. The molecule has 0 radical (unpaired) electrons. The lowest BCUT2D eigenvalue weighted by Gasteiger charge is -2.22. The second kappa shape index (κ2) is 4.76. The minimum Gasteiger partial charge on any atom is -0.369 e. The summed E-state index contributed by atoms with van der Waals surface area (Å²) in [7, 11) is 0. The fourth-order valence-corrected chi connectivity index (χ4v) is 2.61. The third-order valence-electron chi connectivity index (χ3n) is 3.24. The summed E-state index contributed by atoms with van der Waals surface area (Å²) in [5.41, 5.74) is 4.84. The van der Waals surface area contributed by atoms with Crippen LogP contribution in [0.15, 0.2) is 6.07 Å². The predicted octanol–water partition coefficient (Wildman–Crippen LogP) is 2.74. The molecule has 1 fully saturated rings. The molecule has 2 rings (SSSR count). The van der Waals surface area contributed by atoms with Crippen LogP contribution in [0.1, 0.15) is 13.3 Å². The molecule has 1 aliphatic heterocycles. The second-order valence-electron chi connectivity index (χ2n) is 4.66. The Morgan fingerprint density at radius 3 is 2.67 bits per heavy atom. The summed E-state index contributed by atoms with van der Waals surface area (Å²) in [5.74, 6) is 0.220. The van der Waals surface area contributed by atoms with Crippen molar-refractivity contribution in [3.05, 3.63) is 21.3 Å². The monoisotopic (exact) mass is 307 g/mol. The first-order valence-corrected chi connectivity index (χ1v) is 6.53. The molecular weight excluding hydrogens is 296 g/mol. The molecule has 1 aromatic rings. The lowest BCUT2D eigenvalue weighted by atomic mass is 9.89. The molecule has 0 bridgehead atoms. The molecule has 1 aliphatic rings. The van der Waals surface area contributed by atoms with Gasteiger partial charge in [0.15, 0.2) is 0 Å². The van der Waals surface area contributed by atoms with Gasteiger partial charge in [0.2, 0.25) is 5.91 Å². The van der Waals surface area contributed by atoms with Gasteiger partial charge in [0.25, 0.3) is 0 Å². The highest BCUT2D eigenvalue weighted by molar-refractivity contribution is 6.42. The number of hydrogen-bond acceptors (Lipinski definition) is 3. The summed E-state index contributed by atoms with van der Waals surface area (Å²) in [6.45, 7) is 2.97. The minimum absolute atomic E-state index is 0.198. The van der Waals surface area contributed by atoms with Crippen molar-refractivity contribution >= 4 is 46.5 Å². The largest absolute Gasteiger partial charge is 0.369 e. The number of aromatic nitrogens is 1. The second-order valence-corrected chi connectivity index (χ2v) is 5.84. The van der Waals surface area contributed by atoms with E-state index in [1.807, 2.05) is 11.8 Å². The number of amides is 1. The van der Waals surface area contributed by atoms with Crippen LogP contribution >= 0.6 is 34.8 Å². The van der Waals surface area contributed by atoms with Gasteiger partial charge in [0.05, 0.1) is 15.5 Å². The fourth-order valence-electron chi connectivity index (χ4n) is 2.00. The number of halogens is 3. The van der Waals surface area contributed by atoms with Gasteiger partial charge in [-0.05, 0) is 19.4 Å². The zero-order valence-corrected chi connectivity index (χ0v) is 12.0. The summed E-state index contributed by atoms with van der Waals surface area (Å²) < 4.78 is 0. The van der Waals surface area contributed by atoms with E-state index < -0.39 is 5.41 Å². The van der Waals surface area contributed by atoms with Crippen LogP contribution in [0.5, 0.6) is 0 Å². The smallest absolute Gasteiger partial charge is 0.225 e. The van der Waals surface area contributed by atoms with E-state index >= 15 is 0 Å². The SMILES string of the molecule is CC1(C(N)=O)CCN(c2nc(Cl)c(Cl)cc2Cl)C1. The number of anilines is 1. The average Bonchev–Trinajstić information content (AvgIpc) is 2.68. The van der Waals surface area contributed by atoms with Crippen molar-refractivity contribution in [3.8, 4) is 0 Å². The van der Waals surface area contributed by atoms with E-state index in [9.17, 15) is 4.79 Å². The molecule has 1 unspecified atom stereocenters. The Labute approximate surface area is 120 Å². The van der Waals surface area contributed by atoms with Gasteiger partial charge >= 0.3 is 0 Å². The molecule has 18 heavy (non-hydrogen) atoms. The normalized spacial score (nSPS) is 23.4. The van der Waals surface area contributed by atoms with Crippen LogP contribution < -0.4 is 10.6 Å². The van der Waals surface area contributed by atoms with Crippen LogP contribution in [-0.4, -0.2) is 24.0 Å². The van der Waals surface area contributed by atoms with Crippen LogP contribution in [0, 0.1) is 5.41 Å². The van der Waals surface area contributed by atoms with E-state index in [-0.39, 0.29) is 11.1 Å². The summed E-state index contributed by atoms with van der Waals surface area (Å²) in [4.78, 5) is 17.5. The Hall–Kier alpha value is -0.710. The van der Waals surface area contributed by atoms with Gasteiger partial charge in [0, 0.05) is 13.1 Å². The van der Waals surface area contributed by atoms with Crippen molar-refractivity contribution in [1.29, 1.82) is 0 Å². The Bertz CT molecular complexity index is 509. The Balaban J connectivity index is 2.30. The van der Waals surface area contributed by atoms with Gasteiger partial charge in [0.1, 0.15) is 11.0 Å². The van der Waals surface area contributed by atoms with Crippen LogP contribution in [0.2, 0.25) is 15.2 Å².